The monoisotopic (exact) mass is 220 g/mol. The third-order valence-corrected chi connectivity index (χ3v) is 2.38. The average Bonchev–Trinajstić information content (AvgIpc) is 2.99. The molecule has 1 saturated carbocycles. The first kappa shape index (κ1) is 10.9. The summed E-state index contributed by atoms with van der Waals surface area (Å²) in [7, 11) is 3.43. The fourth-order valence-corrected chi connectivity index (χ4v) is 1.42. The Hall–Kier alpha value is -1.58. The van der Waals surface area contributed by atoms with Crippen molar-refractivity contribution in [2.75, 3.05) is 14.1 Å². The lowest BCUT2D eigenvalue weighted by Gasteiger charge is -2.11. The molecule has 0 bridgehead atoms. The van der Waals surface area contributed by atoms with E-state index in [-0.39, 0.29) is 5.91 Å². The van der Waals surface area contributed by atoms with Gasteiger partial charge in [0.15, 0.2) is 0 Å². The Bertz CT molecular complexity index is 411. The maximum absolute atomic E-state index is 11.8. The predicted octanol–water partition coefficient (Wildman–Crippen LogP) is 1.63. The van der Waals surface area contributed by atoms with E-state index in [9.17, 15) is 4.79 Å². The van der Waals surface area contributed by atoms with Gasteiger partial charge in [0.1, 0.15) is 11.4 Å². The van der Waals surface area contributed by atoms with Crippen molar-refractivity contribution in [1.29, 1.82) is 0 Å². The molecule has 0 aliphatic heterocycles. The molecule has 0 unspecified atom stereocenters. The van der Waals surface area contributed by atoms with E-state index in [0.717, 1.165) is 24.3 Å². The molecular weight excluding hydrogens is 204 g/mol. The van der Waals surface area contributed by atoms with Gasteiger partial charge in [0, 0.05) is 31.9 Å². The zero-order valence-electron chi connectivity index (χ0n) is 9.86. The van der Waals surface area contributed by atoms with Crippen LogP contribution in [0.5, 0.6) is 5.75 Å². The highest BCUT2D eigenvalue weighted by molar-refractivity contribution is 5.92. The van der Waals surface area contributed by atoms with E-state index in [1.54, 1.807) is 20.2 Å². The molecule has 86 valence electrons. The van der Waals surface area contributed by atoms with E-state index in [2.05, 4.69) is 4.98 Å². The van der Waals surface area contributed by atoms with Crippen LogP contribution in [0.4, 0.5) is 0 Å². The van der Waals surface area contributed by atoms with Crippen LogP contribution in [0.3, 0.4) is 0 Å². The third kappa shape index (κ3) is 2.51. The number of rotatable bonds is 3. The average molecular weight is 220 g/mol. The van der Waals surface area contributed by atoms with Crippen LogP contribution < -0.4 is 4.74 Å². The van der Waals surface area contributed by atoms with Gasteiger partial charge >= 0.3 is 0 Å². The molecule has 4 heteroatoms. The van der Waals surface area contributed by atoms with Crippen LogP contribution in [0.15, 0.2) is 12.1 Å². The molecule has 0 atom stereocenters. The van der Waals surface area contributed by atoms with E-state index < -0.39 is 0 Å². The van der Waals surface area contributed by atoms with Gasteiger partial charge in [0.2, 0.25) is 0 Å². The normalized spacial score (nSPS) is 14.7. The van der Waals surface area contributed by atoms with E-state index in [1.807, 2.05) is 13.0 Å². The van der Waals surface area contributed by atoms with Gasteiger partial charge in [-0.2, -0.15) is 0 Å². The number of ether oxygens (including phenoxy) is 1. The number of amides is 1. The zero-order valence-corrected chi connectivity index (χ0v) is 9.86. The van der Waals surface area contributed by atoms with Gasteiger partial charge in [0.25, 0.3) is 5.91 Å². The van der Waals surface area contributed by atoms with Gasteiger partial charge < -0.3 is 9.64 Å². The summed E-state index contributed by atoms with van der Waals surface area (Å²) >= 11 is 0. The second-order valence-electron chi connectivity index (χ2n) is 4.35. The zero-order chi connectivity index (χ0) is 11.7. The first-order valence-electron chi connectivity index (χ1n) is 5.43. The fraction of sp³-hybridized carbons (Fsp3) is 0.500. The Morgan fingerprint density at radius 3 is 2.69 bits per heavy atom. The Labute approximate surface area is 95.2 Å². The number of aromatic nitrogens is 1. The van der Waals surface area contributed by atoms with Crippen molar-refractivity contribution in [1.82, 2.24) is 9.88 Å². The molecule has 16 heavy (non-hydrogen) atoms. The molecule has 0 N–H and O–H groups in total. The van der Waals surface area contributed by atoms with Gasteiger partial charge in [-0.25, -0.2) is 4.98 Å². The predicted molar refractivity (Wildman–Crippen MR) is 60.6 cm³/mol. The Morgan fingerprint density at radius 2 is 2.12 bits per heavy atom. The maximum Gasteiger partial charge on any atom is 0.272 e. The van der Waals surface area contributed by atoms with Crippen LogP contribution in [0.1, 0.15) is 29.0 Å². The Kier molecular flexibility index (Phi) is 2.81. The maximum atomic E-state index is 11.8. The van der Waals surface area contributed by atoms with Crippen LogP contribution in [0.25, 0.3) is 0 Å². The second-order valence-corrected chi connectivity index (χ2v) is 4.35. The van der Waals surface area contributed by atoms with Gasteiger partial charge in [-0.05, 0) is 19.8 Å². The van der Waals surface area contributed by atoms with Crippen molar-refractivity contribution in [3.8, 4) is 5.75 Å². The Balaban J connectivity index is 2.23. The quantitative estimate of drug-likeness (QED) is 0.777. The molecule has 0 radical (unpaired) electrons. The van der Waals surface area contributed by atoms with Crippen LogP contribution in [0, 0.1) is 6.92 Å². The summed E-state index contributed by atoms with van der Waals surface area (Å²) in [5.74, 6) is 0.657. The highest BCUT2D eigenvalue weighted by Crippen LogP contribution is 2.27. The van der Waals surface area contributed by atoms with Crippen molar-refractivity contribution in [3.63, 3.8) is 0 Å². The van der Waals surface area contributed by atoms with Crippen molar-refractivity contribution < 1.29 is 9.53 Å². The van der Waals surface area contributed by atoms with E-state index in [4.69, 9.17) is 4.74 Å². The number of carbonyl (C=O) groups is 1. The van der Waals surface area contributed by atoms with Gasteiger partial charge in [-0.15, -0.1) is 0 Å². The molecular formula is C12H16N2O2. The molecule has 0 saturated heterocycles. The van der Waals surface area contributed by atoms with Crippen LogP contribution in [-0.2, 0) is 0 Å². The number of hydrogen-bond donors (Lipinski definition) is 0. The first-order valence-corrected chi connectivity index (χ1v) is 5.43. The summed E-state index contributed by atoms with van der Waals surface area (Å²) in [4.78, 5) is 17.5. The van der Waals surface area contributed by atoms with Gasteiger partial charge in [-0.1, -0.05) is 0 Å². The summed E-state index contributed by atoms with van der Waals surface area (Å²) in [6, 6.07) is 3.58. The minimum Gasteiger partial charge on any atom is -0.490 e. The largest absolute Gasteiger partial charge is 0.490 e. The van der Waals surface area contributed by atoms with Crippen molar-refractivity contribution in [2.24, 2.45) is 0 Å². The topological polar surface area (TPSA) is 42.4 Å². The second kappa shape index (κ2) is 4.12. The highest BCUT2D eigenvalue weighted by Gasteiger charge is 2.24. The molecule has 2 rings (SSSR count). The number of hydrogen-bond acceptors (Lipinski definition) is 3. The SMILES string of the molecule is Cc1cc(OC2CC2)cc(C(=O)N(C)C)n1. The van der Waals surface area contributed by atoms with Crippen molar-refractivity contribution in [3.05, 3.63) is 23.5 Å². The summed E-state index contributed by atoms with van der Waals surface area (Å²) in [5, 5.41) is 0. The number of carbonyl (C=O) groups excluding carboxylic acids is 1. The lowest BCUT2D eigenvalue weighted by atomic mass is 10.2. The molecule has 0 spiro atoms. The Morgan fingerprint density at radius 1 is 1.44 bits per heavy atom. The first-order chi connectivity index (χ1) is 7.56. The van der Waals surface area contributed by atoms with Crippen LogP contribution in [0.2, 0.25) is 0 Å². The van der Waals surface area contributed by atoms with Crippen LogP contribution >= 0.6 is 0 Å². The third-order valence-electron chi connectivity index (χ3n) is 2.38. The van der Waals surface area contributed by atoms with E-state index >= 15 is 0 Å². The molecule has 1 aliphatic rings. The molecule has 1 amide bonds. The van der Waals surface area contributed by atoms with Gasteiger partial charge in [0.05, 0.1) is 6.10 Å². The van der Waals surface area contributed by atoms with Gasteiger partial charge in [-0.3, -0.25) is 4.79 Å². The lowest BCUT2D eigenvalue weighted by molar-refractivity contribution is 0.0821. The summed E-state index contributed by atoms with van der Waals surface area (Å²) in [5.41, 5.74) is 1.25. The molecule has 4 nitrogen and oxygen atoms in total. The van der Waals surface area contributed by atoms with E-state index in [0.29, 0.717) is 11.8 Å². The standard InChI is InChI=1S/C12H16N2O2/c1-8-6-10(16-9-4-5-9)7-11(13-8)12(15)14(2)3/h6-7,9H,4-5H2,1-3H3. The molecule has 1 aromatic rings. The minimum absolute atomic E-state index is 0.0932. The van der Waals surface area contributed by atoms with E-state index in [1.165, 1.54) is 4.90 Å². The highest BCUT2D eigenvalue weighted by atomic mass is 16.5. The summed E-state index contributed by atoms with van der Waals surface area (Å²) < 4.78 is 5.67. The van der Waals surface area contributed by atoms with Crippen LogP contribution in [-0.4, -0.2) is 36.0 Å². The smallest absolute Gasteiger partial charge is 0.272 e. The lowest BCUT2D eigenvalue weighted by Crippen LogP contribution is -2.23. The van der Waals surface area contributed by atoms with Crippen molar-refractivity contribution >= 4 is 5.91 Å². The fourth-order valence-electron chi connectivity index (χ4n) is 1.42. The van der Waals surface area contributed by atoms with Crippen molar-refractivity contribution in [2.45, 2.75) is 25.9 Å². The minimum atomic E-state index is -0.0932. The summed E-state index contributed by atoms with van der Waals surface area (Å²) in [6.45, 7) is 1.87. The number of aryl methyl sites for hydroxylation is 1. The number of nitrogens with zero attached hydrogens (tertiary/aromatic N) is 2. The summed E-state index contributed by atoms with van der Waals surface area (Å²) in [6.07, 6.45) is 2.56. The molecule has 0 aromatic carbocycles. The molecule has 1 aromatic heterocycles. The molecule has 1 fully saturated rings. The molecule has 1 heterocycles. The molecule has 1 aliphatic carbocycles. The number of pyridine rings is 1.